The van der Waals surface area contributed by atoms with E-state index in [1.54, 1.807) is 6.20 Å². The number of methoxy groups -OCH3 is 2. The van der Waals surface area contributed by atoms with Gasteiger partial charge in [-0.05, 0) is 12.8 Å². The molecule has 0 radical (unpaired) electrons. The number of nitrogens with one attached hydrogen (secondary N) is 2. The lowest BCUT2D eigenvalue weighted by atomic mass is 10.1. The molecular formula is C11H22N2O3. The van der Waals surface area contributed by atoms with E-state index in [1.807, 2.05) is 6.92 Å². The zero-order chi connectivity index (χ0) is 12.6. The first-order valence-electron chi connectivity index (χ1n) is 5.27. The van der Waals surface area contributed by atoms with Crippen LogP contribution in [0.25, 0.3) is 0 Å². The van der Waals surface area contributed by atoms with Crippen LogP contribution < -0.4 is 10.6 Å². The van der Waals surface area contributed by atoms with Crippen molar-refractivity contribution in [1.29, 1.82) is 0 Å². The summed E-state index contributed by atoms with van der Waals surface area (Å²) in [6.07, 6.45) is 1.29. The third kappa shape index (κ3) is 6.42. The standard InChI is InChI=1S/C11H22N2O3/c1-8(2)9(3)6-12-11(14)13-7-10(15-4)16-5/h6,8,10H,7H2,1-5H3,(H2,12,13,14)/b9-6+. The molecule has 0 spiro atoms. The molecule has 2 N–H and O–H groups in total. The number of allylic oxidation sites excluding steroid dienone is 1. The molecule has 0 aliphatic carbocycles. The third-order valence-electron chi connectivity index (χ3n) is 2.30. The lowest BCUT2D eigenvalue weighted by molar-refractivity contribution is -0.0971. The first-order chi connectivity index (χ1) is 7.51. The minimum Gasteiger partial charge on any atom is -0.354 e. The van der Waals surface area contributed by atoms with Crippen molar-refractivity contribution >= 4 is 6.03 Å². The highest BCUT2D eigenvalue weighted by atomic mass is 16.7. The highest BCUT2D eigenvalue weighted by Crippen LogP contribution is 2.05. The Kier molecular flexibility index (Phi) is 7.58. The molecule has 16 heavy (non-hydrogen) atoms. The number of ether oxygens (including phenoxy) is 2. The number of carbonyl (C=O) groups excluding carboxylic acids is 1. The minimum absolute atomic E-state index is 0.265. The molecule has 0 saturated heterocycles. The summed E-state index contributed by atoms with van der Waals surface area (Å²) in [5.41, 5.74) is 1.12. The molecule has 0 aromatic rings. The quantitative estimate of drug-likeness (QED) is 0.679. The molecule has 5 heteroatoms. The van der Waals surface area contributed by atoms with Crippen molar-refractivity contribution in [1.82, 2.24) is 10.6 Å². The molecule has 0 aromatic carbocycles. The summed E-state index contributed by atoms with van der Waals surface area (Å²) < 4.78 is 9.87. The largest absolute Gasteiger partial charge is 0.354 e. The average Bonchev–Trinajstić information content (AvgIpc) is 2.27. The topological polar surface area (TPSA) is 59.6 Å². The van der Waals surface area contributed by atoms with Crippen LogP contribution in [0.5, 0.6) is 0 Å². The van der Waals surface area contributed by atoms with Crippen LogP contribution in [-0.4, -0.2) is 33.1 Å². The molecular weight excluding hydrogens is 208 g/mol. The van der Waals surface area contributed by atoms with Crippen LogP contribution in [-0.2, 0) is 9.47 Å². The second kappa shape index (κ2) is 8.13. The summed E-state index contributed by atoms with van der Waals surface area (Å²) in [4.78, 5) is 11.3. The summed E-state index contributed by atoms with van der Waals surface area (Å²) in [6.45, 7) is 6.42. The van der Waals surface area contributed by atoms with E-state index in [1.165, 1.54) is 14.2 Å². The lowest BCUT2D eigenvalue weighted by Crippen LogP contribution is -2.39. The Morgan fingerprint density at radius 3 is 2.31 bits per heavy atom. The first kappa shape index (κ1) is 14.9. The smallest absolute Gasteiger partial charge is 0.318 e. The average molecular weight is 230 g/mol. The fraction of sp³-hybridized carbons (Fsp3) is 0.727. The van der Waals surface area contributed by atoms with Crippen LogP contribution in [0.3, 0.4) is 0 Å². The fourth-order valence-electron chi connectivity index (χ4n) is 0.836. The van der Waals surface area contributed by atoms with Crippen LogP contribution in [0, 0.1) is 5.92 Å². The Labute approximate surface area is 97.2 Å². The number of hydrogen-bond donors (Lipinski definition) is 2. The van der Waals surface area contributed by atoms with E-state index in [4.69, 9.17) is 9.47 Å². The van der Waals surface area contributed by atoms with Gasteiger partial charge in [-0.1, -0.05) is 19.4 Å². The second-order valence-electron chi connectivity index (χ2n) is 3.80. The van der Waals surface area contributed by atoms with Crippen LogP contribution >= 0.6 is 0 Å². The van der Waals surface area contributed by atoms with Gasteiger partial charge in [-0.15, -0.1) is 0 Å². The van der Waals surface area contributed by atoms with E-state index in [-0.39, 0.29) is 6.03 Å². The van der Waals surface area contributed by atoms with Crippen molar-refractivity contribution in [3.63, 3.8) is 0 Å². The third-order valence-corrected chi connectivity index (χ3v) is 2.30. The van der Waals surface area contributed by atoms with Gasteiger partial charge < -0.3 is 20.1 Å². The molecule has 0 atom stereocenters. The van der Waals surface area contributed by atoms with E-state index < -0.39 is 6.29 Å². The van der Waals surface area contributed by atoms with Crippen molar-refractivity contribution in [2.45, 2.75) is 27.1 Å². The van der Waals surface area contributed by atoms with Gasteiger partial charge in [0.2, 0.25) is 0 Å². The van der Waals surface area contributed by atoms with Crippen molar-refractivity contribution in [3.05, 3.63) is 11.8 Å². The molecule has 0 bridgehead atoms. The monoisotopic (exact) mass is 230 g/mol. The summed E-state index contributed by atoms with van der Waals surface area (Å²) >= 11 is 0. The van der Waals surface area contributed by atoms with E-state index in [0.29, 0.717) is 12.5 Å². The van der Waals surface area contributed by atoms with Gasteiger partial charge in [-0.2, -0.15) is 0 Å². The van der Waals surface area contributed by atoms with Crippen molar-refractivity contribution in [3.8, 4) is 0 Å². The normalized spacial score (nSPS) is 12.1. The fourth-order valence-corrected chi connectivity index (χ4v) is 0.836. The number of rotatable bonds is 6. The molecule has 0 aliphatic rings. The summed E-state index contributed by atoms with van der Waals surface area (Å²) in [5.74, 6) is 0.422. The van der Waals surface area contributed by atoms with Crippen LogP contribution in [0.2, 0.25) is 0 Å². The SMILES string of the molecule is COC(CNC(=O)N/C=C(\C)C(C)C)OC. The lowest BCUT2D eigenvalue weighted by Gasteiger charge is -2.14. The Bertz CT molecular complexity index is 235. The van der Waals surface area contributed by atoms with Crippen molar-refractivity contribution < 1.29 is 14.3 Å². The zero-order valence-electron chi connectivity index (χ0n) is 10.7. The maximum atomic E-state index is 11.3. The predicted molar refractivity (Wildman–Crippen MR) is 62.9 cm³/mol. The first-order valence-corrected chi connectivity index (χ1v) is 5.27. The molecule has 0 unspecified atom stereocenters. The van der Waals surface area contributed by atoms with Crippen molar-refractivity contribution in [2.24, 2.45) is 5.92 Å². The Morgan fingerprint density at radius 2 is 1.88 bits per heavy atom. The predicted octanol–water partition coefficient (Wildman–Crippen LogP) is 1.46. The highest BCUT2D eigenvalue weighted by Gasteiger charge is 2.06. The van der Waals surface area contributed by atoms with Crippen LogP contribution in [0.1, 0.15) is 20.8 Å². The Hall–Kier alpha value is -1.07. The van der Waals surface area contributed by atoms with Gasteiger partial charge in [-0.25, -0.2) is 4.79 Å². The van der Waals surface area contributed by atoms with Gasteiger partial charge in [0.05, 0.1) is 6.54 Å². The number of amides is 2. The minimum atomic E-state index is -0.416. The van der Waals surface area contributed by atoms with E-state index in [9.17, 15) is 4.79 Å². The maximum absolute atomic E-state index is 11.3. The zero-order valence-corrected chi connectivity index (χ0v) is 10.7. The maximum Gasteiger partial charge on any atom is 0.318 e. The van der Waals surface area contributed by atoms with Crippen LogP contribution in [0.15, 0.2) is 11.8 Å². The van der Waals surface area contributed by atoms with E-state index >= 15 is 0 Å². The summed E-state index contributed by atoms with van der Waals surface area (Å²) in [5, 5.41) is 5.28. The van der Waals surface area contributed by atoms with Gasteiger partial charge in [0.25, 0.3) is 0 Å². The highest BCUT2D eigenvalue weighted by molar-refractivity contribution is 5.74. The molecule has 2 amide bonds. The molecule has 0 heterocycles. The number of hydrogen-bond acceptors (Lipinski definition) is 3. The summed E-state index contributed by atoms with van der Waals surface area (Å²) in [6, 6.07) is -0.265. The number of carbonyl (C=O) groups is 1. The number of urea groups is 1. The van der Waals surface area contributed by atoms with Gasteiger partial charge in [-0.3, -0.25) is 0 Å². The molecule has 0 aliphatic heterocycles. The second-order valence-corrected chi connectivity index (χ2v) is 3.80. The van der Waals surface area contributed by atoms with Crippen LogP contribution in [0.4, 0.5) is 4.79 Å². The van der Waals surface area contributed by atoms with E-state index in [2.05, 4.69) is 24.5 Å². The Morgan fingerprint density at radius 1 is 1.31 bits per heavy atom. The van der Waals surface area contributed by atoms with Gasteiger partial charge in [0.15, 0.2) is 6.29 Å². The molecule has 94 valence electrons. The van der Waals surface area contributed by atoms with E-state index in [0.717, 1.165) is 5.57 Å². The van der Waals surface area contributed by atoms with Gasteiger partial charge in [0, 0.05) is 20.4 Å². The molecule has 5 nitrogen and oxygen atoms in total. The molecule has 0 rings (SSSR count). The van der Waals surface area contributed by atoms with Gasteiger partial charge in [0.1, 0.15) is 0 Å². The Balaban J connectivity index is 3.87. The summed E-state index contributed by atoms with van der Waals surface area (Å²) in [7, 11) is 3.05. The molecule has 0 fully saturated rings. The van der Waals surface area contributed by atoms with Crippen molar-refractivity contribution in [2.75, 3.05) is 20.8 Å². The molecule has 0 saturated carbocycles. The van der Waals surface area contributed by atoms with Gasteiger partial charge >= 0.3 is 6.03 Å². The molecule has 0 aromatic heterocycles.